The first-order chi connectivity index (χ1) is 8.15. The van der Waals surface area contributed by atoms with Gasteiger partial charge in [-0.05, 0) is 31.0 Å². The maximum atomic E-state index is 11.7. The molecule has 17 heavy (non-hydrogen) atoms. The van der Waals surface area contributed by atoms with E-state index in [9.17, 15) is 4.79 Å². The van der Waals surface area contributed by atoms with Gasteiger partial charge in [0.05, 0.1) is 5.56 Å². The van der Waals surface area contributed by atoms with Crippen molar-refractivity contribution >= 4 is 23.2 Å². The number of benzene rings is 1. The third-order valence-corrected chi connectivity index (χ3v) is 2.55. The van der Waals surface area contributed by atoms with Crippen molar-refractivity contribution in [3.05, 3.63) is 28.8 Å². The van der Waals surface area contributed by atoms with Gasteiger partial charge in [0.2, 0.25) is 0 Å². The number of nitrogen functional groups attached to an aromatic ring is 1. The molecule has 0 saturated carbocycles. The Hall–Kier alpha value is -1.26. The van der Waals surface area contributed by atoms with Crippen molar-refractivity contribution in [1.29, 1.82) is 0 Å². The van der Waals surface area contributed by atoms with E-state index in [0.717, 1.165) is 12.8 Å². The lowest BCUT2D eigenvalue weighted by molar-refractivity contribution is 0.0952. The summed E-state index contributed by atoms with van der Waals surface area (Å²) >= 11 is 5.76. The van der Waals surface area contributed by atoms with E-state index in [-0.39, 0.29) is 5.91 Å². The average Bonchev–Trinajstić information content (AvgIpc) is 2.28. The first kappa shape index (κ1) is 13.8. The van der Waals surface area contributed by atoms with Crippen LogP contribution in [0.3, 0.4) is 0 Å². The second-order valence-electron chi connectivity index (χ2n) is 3.69. The molecule has 4 nitrogen and oxygen atoms in total. The van der Waals surface area contributed by atoms with Gasteiger partial charge in [-0.25, -0.2) is 0 Å². The number of amides is 1. The van der Waals surface area contributed by atoms with Gasteiger partial charge in [0, 0.05) is 31.0 Å². The van der Waals surface area contributed by atoms with Crippen LogP contribution in [0, 0.1) is 0 Å². The number of unbranched alkanes of at least 4 members (excludes halogenated alkanes) is 1. The molecule has 1 amide bonds. The molecule has 0 aliphatic carbocycles. The molecule has 0 unspecified atom stereocenters. The molecular weight excluding hydrogens is 240 g/mol. The van der Waals surface area contributed by atoms with Gasteiger partial charge < -0.3 is 15.8 Å². The van der Waals surface area contributed by atoms with E-state index in [1.165, 1.54) is 0 Å². The number of halogens is 1. The second kappa shape index (κ2) is 7.14. The first-order valence-corrected chi connectivity index (χ1v) is 5.85. The summed E-state index contributed by atoms with van der Waals surface area (Å²) < 4.78 is 4.92. The first-order valence-electron chi connectivity index (χ1n) is 5.47. The van der Waals surface area contributed by atoms with E-state index in [4.69, 9.17) is 22.1 Å². The van der Waals surface area contributed by atoms with Crippen molar-refractivity contribution < 1.29 is 9.53 Å². The topological polar surface area (TPSA) is 64.3 Å². The quantitative estimate of drug-likeness (QED) is 0.605. The molecule has 0 fully saturated rings. The number of hydrogen-bond acceptors (Lipinski definition) is 3. The number of rotatable bonds is 6. The van der Waals surface area contributed by atoms with Crippen LogP contribution in [-0.4, -0.2) is 26.2 Å². The largest absolute Gasteiger partial charge is 0.398 e. The molecule has 0 saturated heterocycles. The standard InChI is InChI=1S/C12H17ClN2O2/c1-17-7-3-2-6-15-12(16)10-5-4-9(13)8-11(10)14/h4-5,8H,2-3,6-7,14H2,1H3,(H,15,16). The second-order valence-corrected chi connectivity index (χ2v) is 4.12. The molecule has 5 heteroatoms. The Morgan fingerprint density at radius 2 is 2.24 bits per heavy atom. The lowest BCUT2D eigenvalue weighted by Gasteiger charge is -2.07. The lowest BCUT2D eigenvalue weighted by atomic mass is 10.1. The van der Waals surface area contributed by atoms with Crippen LogP contribution in [-0.2, 0) is 4.74 Å². The zero-order valence-electron chi connectivity index (χ0n) is 9.83. The van der Waals surface area contributed by atoms with Gasteiger partial charge in [0.15, 0.2) is 0 Å². The molecule has 0 radical (unpaired) electrons. The van der Waals surface area contributed by atoms with Crippen LogP contribution in [0.2, 0.25) is 5.02 Å². The molecular formula is C12H17ClN2O2. The highest BCUT2D eigenvalue weighted by atomic mass is 35.5. The maximum Gasteiger partial charge on any atom is 0.253 e. The highest BCUT2D eigenvalue weighted by Crippen LogP contribution is 2.17. The van der Waals surface area contributed by atoms with E-state index < -0.39 is 0 Å². The van der Waals surface area contributed by atoms with Crippen LogP contribution in [0.15, 0.2) is 18.2 Å². The summed E-state index contributed by atoms with van der Waals surface area (Å²) in [6, 6.07) is 4.85. The third kappa shape index (κ3) is 4.63. The fourth-order valence-corrected chi connectivity index (χ4v) is 1.59. The number of carbonyl (C=O) groups is 1. The summed E-state index contributed by atoms with van der Waals surface area (Å²) in [5.74, 6) is -0.170. The molecule has 1 aromatic carbocycles. The summed E-state index contributed by atoms with van der Waals surface area (Å²) in [6.45, 7) is 1.32. The Morgan fingerprint density at radius 3 is 2.88 bits per heavy atom. The van der Waals surface area contributed by atoms with E-state index >= 15 is 0 Å². The predicted molar refractivity (Wildman–Crippen MR) is 69.3 cm³/mol. The highest BCUT2D eigenvalue weighted by Gasteiger charge is 2.08. The van der Waals surface area contributed by atoms with E-state index in [1.807, 2.05) is 0 Å². The van der Waals surface area contributed by atoms with Crippen LogP contribution >= 0.6 is 11.6 Å². The van der Waals surface area contributed by atoms with Crippen molar-refractivity contribution in [1.82, 2.24) is 5.32 Å². The Morgan fingerprint density at radius 1 is 1.47 bits per heavy atom. The van der Waals surface area contributed by atoms with Crippen molar-refractivity contribution in [2.75, 3.05) is 26.0 Å². The van der Waals surface area contributed by atoms with Crippen molar-refractivity contribution in [2.24, 2.45) is 0 Å². The highest BCUT2D eigenvalue weighted by molar-refractivity contribution is 6.31. The van der Waals surface area contributed by atoms with E-state index in [0.29, 0.717) is 29.4 Å². The normalized spacial score (nSPS) is 10.2. The molecule has 0 aliphatic rings. The molecule has 1 rings (SSSR count). The zero-order valence-corrected chi connectivity index (χ0v) is 10.6. The minimum absolute atomic E-state index is 0.170. The fourth-order valence-electron chi connectivity index (χ4n) is 1.41. The smallest absolute Gasteiger partial charge is 0.253 e. The summed E-state index contributed by atoms with van der Waals surface area (Å²) in [5, 5.41) is 3.33. The Balaban J connectivity index is 2.42. The van der Waals surface area contributed by atoms with Crippen LogP contribution < -0.4 is 11.1 Å². The summed E-state index contributed by atoms with van der Waals surface area (Å²) in [4.78, 5) is 11.7. The summed E-state index contributed by atoms with van der Waals surface area (Å²) in [5.41, 5.74) is 6.56. The zero-order chi connectivity index (χ0) is 12.7. The number of nitrogens with two attached hydrogens (primary N) is 1. The minimum Gasteiger partial charge on any atom is -0.398 e. The maximum absolute atomic E-state index is 11.7. The van der Waals surface area contributed by atoms with Crippen LogP contribution in [0.1, 0.15) is 23.2 Å². The fraction of sp³-hybridized carbons (Fsp3) is 0.417. The van der Waals surface area contributed by atoms with Crippen LogP contribution in [0.4, 0.5) is 5.69 Å². The van der Waals surface area contributed by atoms with Crippen LogP contribution in [0.5, 0.6) is 0 Å². The minimum atomic E-state index is -0.170. The Labute approximate surface area is 106 Å². The number of hydrogen-bond donors (Lipinski definition) is 2. The summed E-state index contributed by atoms with van der Waals surface area (Å²) in [6.07, 6.45) is 1.81. The van der Waals surface area contributed by atoms with Gasteiger partial charge in [0.25, 0.3) is 5.91 Å². The van der Waals surface area contributed by atoms with Crippen molar-refractivity contribution in [2.45, 2.75) is 12.8 Å². The number of nitrogens with one attached hydrogen (secondary N) is 1. The number of ether oxygens (including phenoxy) is 1. The van der Waals surface area contributed by atoms with Crippen molar-refractivity contribution in [3.8, 4) is 0 Å². The Bertz CT molecular complexity index is 383. The molecule has 94 valence electrons. The van der Waals surface area contributed by atoms with Gasteiger partial charge in [-0.1, -0.05) is 11.6 Å². The number of methoxy groups -OCH3 is 1. The monoisotopic (exact) mass is 256 g/mol. The number of carbonyl (C=O) groups excluding carboxylic acids is 1. The van der Waals surface area contributed by atoms with Gasteiger partial charge >= 0.3 is 0 Å². The van der Waals surface area contributed by atoms with Gasteiger partial charge in [-0.2, -0.15) is 0 Å². The molecule has 0 bridgehead atoms. The molecule has 0 atom stereocenters. The van der Waals surface area contributed by atoms with Gasteiger partial charge in [-0.3, -0.25) is 4.79 Å². The van der Waals surface area contributed by atoms with E-state index in [2.05, 4.69) is 5.32 Å². The molecule has 3 N–H and O–H groups in total. The average molecular weight is 257 g/mol. The van der Waals surface area contributed by atoms with E-state index in [1.54, 1.807) is 25.3 Å². The molecule has 0 heterocycles. The van der Waals surface area contributed by atoms with Gasteiger partial charge in [-0.15, -0.1) is 0 Å². The van der Waals surface area contributed by atoms with Crippen LogP contribution in [0.25, 0.3) is 0 Å². The SMILES string of the molecule is COCCCCNC(=O)c1ccc(Cl)cc1N. The molecule has 0 spiro atoms. The lowest BCUT2D eigenvalue weighted by Crippen LogP contribution is -2.25. The van der Waals surface area contributed by atoms with Crippen molar-refractivity contribution in [3.63, 3.8) is 0 Å². The summed E-state index contributed by atoms with van der Waals surface area (Å²) in [7, 11) is 1.66. The predicted octanol–water partition coefficient (Wildman–Crippen LogP) is 2.08. The molecule has 1 aromatic rings. The van der Waals surface area contributed by atoms with Gasteiger partial charge in [0.1, 0.15) is 0 Å². The molecule has 0 aromatic heterocycles. The third-order valence-electron chi connectivity index (χ3n) is 2.32. The number of anilines is 1. The Kier molecular flexibility index (Phi) is 5.80. The molecule has 0 aliphatic heterocycles.